The number of fused-ring (bicyclic) bond motifs is 1. The van der Waals surface area contributed by atoms with Crippen molar-refractivity contribution in [3.05, 3.63) is 35.4 Å². The lowest BCUT2D eigenvalue weighted by atomic mass is 9.86. The third kappa shape index (κ3) is 2.56. The van der Waals surface area contributed by atoms with Crippen molar-refractivity contribution < 1.29 is 4.79 Å². The van der Waals surface area contributed by atoms with E-state index in [-0.39, 0.29) is 11.9 Å². The van der Waals surface area contributed by atoms with E-state index in [1.54, 1.807) is 0 Å². The lowest BCUT2D eigenvalue weighted by Gasteiger charge is -2.30. The number of aryl methyl sites for hydroxylation is 1. The van der Waals surface area contributed by atoms with Crippen LogP contribution in [0.25, 0.3) is 0 Å². The summed E-state index contributed by atoms with van der Waals surface area (Å²) >= 11 is 0. The molecule has 1 aromatic carbocycles. The second-order valence-electron chi connectivity index (χ2n) is 5.71. The van der Waals surface area contributed by atoms with Crippen molar-refractivity contribution in [2.24, 2.45) is 11.1 Å². The summed E-state index contributed by atoms with van der Waals surface area (Å²) in [6.07, 6.45) is 3.26. The zero-order valence-corrected chi connectivity index (χ0v) is 11.2. The first kappa shape index (κ1) is 13.1. The fourth-order valence-electron chi connectivity index (χ4n) is 2.35. The summed E-state index contributed by atoms with van der Waals surface area (Å²) in [4.78, 5) is 12.2. The largest absolute Gasteiger partial charge is 0.349 e. The monoisotopic (exact) mass is 246 g/mol. The lowest BCUT2D eigenvalue weighted by molar-refractivity contribution is -0.129. The van der Waals surface area contributed by atoms with Gasteiger partial charge in [-0.3, -0.25) is 4.79 Å². The van der Waals surface area contributed by atoms with Gasteiger partial charge in [0, 0.05) is 6.54 Å². The predicted octanol–water partition coefficient (Wildman–Crippen LogP) is 2.17. The van der Waals surface area contributed by atoms with Crippen LogP contribution in [0, 0.1) is 5.41 Å². The van der Waals surface area contributed by atoms with Crippen molar-refractivity contribution in [3.63, 3.8) is 0 Å². The summed E-state index contributed by atoms with van der Waals surface area (Å²) in [6.45, 7) is 4.14. The van der Waals surface area contributed by atoms with Gasteiger partial charge in [0.1, 0.15) is 0 Å². The van der Waals surface area contributed by atoms with Gasteiger partial charge >= 0.3 is 0 Å². The molecular weight excluding hydrogens is 224 g/mol. The molecule has 3 nitrogen and oxygen atoms in total. The van der Waals surface area contributed by atoms with Crippen molar-refractivity contribution in [1.82, 2.24) is 5.32 Å². The van der Waals surface area contributed by atoms with Crippen molar-refractivity contribution in [2.45, 2.75) is 39.2 Å². The SMILES string of the molecule is CC(C)(CN)C(=O)NC1CCCc2ccccc21. The number of hydrogen-bond donors (Lipinski definition) is 2. The van der Waals surface area contributed by atoms with Gasteiger partial charge in [-0.2, -0.15) is 0 Å². The molecule has 1 aliphatic rings. The summed E-state index contributed by atoms with van der Waals surface area (Å²) in [6, 6.07) is 8.52. The maximum Gasteiger partial charge on any atom is 0.227 e. The van der Waals surface area contributed by atoms with Crippen LogP contribution in [0.5, 0.6) is 0 Å². The van der Waals surface area contributed by atoms with E-state index in [2.05, 4.69) is 23.5 Å². The molecule has 0 spiro atoms. The van der Waals surface area contributed by atoms with E-state index in [4.69, 9.17) is 5.73 Å². The smallest absolute Gasteiger partial charge is 0.227 e. The first-order chi connectivity index (χ1) is 8.54. The molecule has 0 bridgehead atoms. The van der Waals surface area contributed by atoms with Crippen LogP contribution < -0.4 is 11.1 Å². The van der Waals surface area contributed by atoms with E-state index in [0.717, 1.165) is 19.3 Å². The van der Waals surface area contributed by atoms with Gasteiger partial charge in [-0.1, -0.05) is 24.3 Å². The number of hydrogen-bond acceptors (Lipinski definition) is 2. The van der Waals surface area contributed by atoms with E-state index in [1.165, 1.54) is 11.1 Å². The summed E-state index contributed by atoms with van der Waals surface area (Å²) in [5, 5.41) is 3.15. The second-order valence-corrected chi connectivity index (χ2v) is 5.71. The third-order valence-electron chi connectivity index (χ3n) is 3.80. The summed E-state index contributed by atoms with van der Waals surface area (Å²) < 4.78 is 0. The zero-order chi connectivity index (χ0) is 13.2. The molecule has 2 rings (SSSR count). The van der Waals surface area contributed by atoms with Crippen molar-refractivity contribution in [2.75, 3.05) is 6.54 Å². The van der Waals surface area contributed by atoms with Crippen molar-refractivity contribution in [3.8, 4) is 0 Å². The Bertz CT molecular complexity index is 440. The van der Waals surface area contributed by atoms with Crippen LogP contribution in [0.4, 0.5) is 0 Å². The molecule has 18 heavy (non-hydrogen) atoms. The lowest BCUT2D eigenvalue weighted by Crippen LogP contribution is -2.43. The third-order valence-corrected chi connectivity index (χ3v) is 3.80. The molecule has 0 aliphatic heterocycles. The Morgan fingerprint density at radius 3 is 2.89 bits per heavy atom. The van der Waals surface area contributed by atoms with Crippen LogP contribution in [0.15, 0.2) is 24.3 Å². The highest BCUT2D eigenvalue weighted by atomic mass is 16.2. The van der Waals surface area contributed by atoms with Gasteiger partial charge in [-0.25, -0.2) is 0 Å². The highest BCUT2D eigenvalue weighted by molar-refractivity contribution is 5.82. The fraction of sp³-hybridized carbons (Fsp3) is 0.533. The molecule has 0 fully saturated rings. The number of rotatable bonds is 3. The molecule has 1 unspecified atom stereocenters. The zero-order valence-electron chi connectivity index (χ0n) is 11.2. The molecule has 1 amide bonds. The molecule has 0 aromatic heterocycles. The van der Waals surface area contributed by atoms with Crippen LogP contribution in [-0.4, -0.2) is 12.5 Å². The molecule has 1 atom stereocenters. The van der Waals surface area contributed by atoms with E-state index in [0.29, 0.717) is 6.54 Å². The van der Waals surface area contributed by atoms with Gasteiger partial charge in [0.05, 0.1) is 11.5 Å². The predicted molar refractivity (Wildman–Crippen MR) is 73.1 cm³/mol. The number of nitrogens with two attached hydrogens (primary N) is 1. The maximum atomic E-state index is 12.2. The normalized spacial score (nSPS) is 19.2. The maximum absolute atomic E-state index is 12.2. The van der Waals surface area contributed by atoms with Crippen LogP contribution in [0.1, 0.15) is 43.9 Å². The van der Waals surface area contributed by atoms with Crippen LogP contribution >= 0.6 is 0 Å². The van der Waals surface area contributed by atoms with Crippen molar-refractivity contribution >= 4 is 5.91 Å². The van der Waals surface area contributed by atoms with Crippen LogP contribution in [-0.2, 0) is 11.2 Å². The van der Waals surface area contributed by atoms with Crippen LogP contribution in [0.3, 0.4) is 0 Å². The highest BCUT2D eigenvalue weighted by Gasteiger charge is 2.29. The number of carbonyl (C=O) groups is 1. The summed E-state index contributed by atoms with van der Waals surface area (Å²) in [5.41, 5.74) is 7.78. The van der Waals surface area contributed by atoms with E-state index < -0.39 is 5.41 Å². The number of amides is 1. The highest BCUT2D eigenvalue weighted by Crippen LogP contribution is 2.30. The quantitative estimate of drug-likeness (QED) is 0.858. The van der Waals surface area contributed by atoms with Gasteiger partial charge in [0.15, 0.2) is 0 Å². The first-order valence-corrected chi connectivity index (χ1v) is 6.63. The molecule has 0 saturated heterocycles. The van der Waals surface area contributed by atoms with E-state index >= 15 is 0 Å². The molecule has 0 heterocycles. The average molecular weight is 246 g/mol. The Morgan fingerprint density at radius 1 is 1.44 bits per heavy atom. The molecule has 3 N–H and O–H groups in total. The minimum atomic E-state index is -0.494. The first-order valence-electron chi connectivity index (χ1n) is 6.63. The molecular formula is C15H22N2O. The minimum absolute atomic E-state index is 0.0479. The fourth-order valence-corrected chi connectivity index (χ4v) is 2.35. The molecule has 0 radical (unpaired) electrons. The Hall–Kier alpha value is -1.35. The average Bonchev–Trinajstić information content (AvgIpc) is 2.39. The number of nitrogens with one attached hydrogen (secondary N) is 1. The van der Waals surface area contributed by atoms with Crippen LogP contribution in [0.2, 0.25) is 0 Å². The van der Waals surface area contributed by atoms with Crippen molar-refractivity contribution in [1.29, 1.82) is 0 Å². The van der Waals surface area contributed by atoms with Gasteiger partial charge in [0.2, 0.25) is 5.91 Å². The molecule has 98 valence electrons. The van der Waals surface area contributed by atoms with E-state index in [1.807, 2.05) is 19.9 Å². The number of benzene rings is 1. The Balaban J connectivity index is 2.15. The Morgan fingerprint density at radius 2 is 2.17 bits per heavy atom. The van der Waals surface area contributed by atoms with Gasteiger partial charge in [0.25, 0.3) is 0 Å². The van der Waals surface area contributed by atoms with Gasteiger partial charge in [-0.15, -0.1) is 0 Å². The molecule has 3 heteroatoms. The Labute approximate surface area is 109 Å². The molecule has 0 saturated carbocycles. The minimum Gasteiger partial charge on any atom is -0.349 e. The second kappa shape index (κ2) is 5.11. The van der Waals surface area contributed by atoms with E-state index in [9.17, 15) is 4.79 Å². The molecule has 1 aromatic rings. The Kier molecular flexibility index (Phi) is 3.71. The summed E-state index contributed by atoms with van der Waals surface area (Å²) in [5.74, 6) is 0.0479. The summed E-state index contributed by atoms with van der Waals surface area (Å²) in [7, 11) is 0. The molecule has 1 aliphatic carbocycles. The topological polar surface area (TPSA) is 55.1 Å². The standard InChI is InChI=1S/C15H22N2O/c1-15(2,10-16)14(18)17-13-9-5-7-11-6-3-4-8-12(11)13/h3-4,6,8,13H,5,7,9-10,16H2,1-2H3,(H,17,18). The van der Waals surface area contributed by atoms with Gasteiger partial charge in [-0.05, 0) is 44.2 Å². The van der Waals surface area contributed by atoms with Gasteiger partial charge < -0.3 is 11.1 Å². The number of carbonyl (C=O) groups excluding carboxylic acids is 1.